The molecule has 0 fully saturated rings. The Kier molecular flexibility index (Phi) is 3.23. The van der Waals surface area contributed by atoms with Crippen LogP contribution in [-0.4, -0.2) is 22.0 Å². The molecule has 0 spiro atoms. The number of aromatic nitrogens is 2. The smallest absolute Gasteiger partial charge is 0.330 e. The molecule has 0 N–H and O–H groups in total. The minimum absolute atomic E-state index is 0.335. The molecule has 2 heterocycles. The van der Waals surface area contributed by atoms with Gasteiger partial charge >= 0.3 is 5.97 Å². The molecular weight excluding hydrogens is 216 g/mol. The largest absolute Gasteiger partial charge is 0.463 e. The Balaban J connectivity index is 2.35. The van der Waals surface area contributed by atoms with Crippen molar-refractivity contribution in [3.8, 4) is 0 Å². The van der Waals surface area contributed by atoms with E-state index in [0.717, 1.165) is 17.0 Å². The Morgan fingerprint density at radius 2 is 2.35 bits per heavy atom. The van der Waals surface area contributed by atoms with Gasteiger partial charge in [0.05, 0.1) is 18.0 Å². The van der Waals surface area contributed by atoms with Crippen LogP contribution in [0.1, 0.15) is 18.3 Å². The number of esters is 1. The molecule has 0 aromatic carbocycles. The van der Waals surface area contributed by atoms with Gasteiger partial charge in [0.25, 0.3) is 0 Å². The maximum atomic E-state index is 11.2. The van der Waals surface area contributed by atoms with Crippen LogP contribution < -0.4 is 0 Å². The maximum Gasteiger partial charge on any atom is 0.330 e. The van der Waals surface area contributed by atoms with Crippen molar-refractivity contribution >= 4 is 17.7 Å². The van der Waals surface area contributed by atoms with E-state index in [1.807, 2.05) is 35.7 Å². The summed E-state index contributed by atoms with van der Waals surface area (Å²) in [7, 11) is 0. The molecule has 4 heteroatoms. The van der Waals surface area contributed by atoms with Gasteiger partial charge in [-0.3, -0.25) is 0 Å². The molecule has 2 aromatic heterocycles. The third-order valence-corrected chi connectivity index (χ3v) is 2.41. The molecular formula is C13H14N2O2. The molecule has 2 aromatic rings. The average Bonchev–Trinajstić information content (AvgIpc) is 2.62. The Morgan fingerprint density at radius 3 is 3.12 bits per heavy atom. The monoisotopic (exact) mass is 230 g/mol. The first kappa shape index (κ1) is 11.4. The topological polar surface area (TPSA) is 43.6 Å². The van der Waals surface area contributed by atoms with E-state index in [9.17, 15) is 4.79 Å². The predicted molar refractivity (Wildman–Crippen MR) is 65.6 cm³/mol. The van der Waals surface area contributed by atoms with Crippen LogP contribution in [0.15, 0.2) is 30.5 Å². The second-order valence-corrected chi connectivity index (χ2v) is 3.60. The van der Waals surface area contributed by atoms with Gasteiger partial charge in [-0.15, -0.1) is 0 Å². The van der Waals surface area contributed by atoms with Gasteiger partial charge in [-0.2, -0.15) is 0 Å². The zero-order chi connectivity index (χ0) is 12.3. The van der Waals surface area contributed by atoms with E-state index < -0.39 is 0 Å². The first-order valence-electron chi connectivity index (χ1n) is 5.51. The van der Waals surface area contributed by atoms with Crippen molar-refractivity contribution in [1.29, 1.82) is 0 Å². The molecule has 4 nitrogen and oxygen atoms in total. The Morgan fingerprint density at radius 1 is 1.53 bits per heavy atom. The van der Waals surface area contributed by atoms with Gasteiger partial charge in [0.15, 0.2) is 0 Å². The zero-order valence-corrected chi connectivity index (χ0v) is 9.88. The summed E-state index contributed by atoms with van der Waals surface area (Å²) in [6.07, 6.45) is 5.07. The highest BCUT2D eigenvalue weighted by Crippen LogP contribution is 2.13. The van der Waals surface area contributed by atoms with Crippen LogP contribution >= 0.6 is 0 Å². The number of rotatable bonds is 3. The number of hydrogen-bond donors (Lipinski definition) is 0. The molecule has 17 heavy (non-hydrogen) atoms. The highest BCUT2D eigenvalue weighted by atomic mass is 16.5. The van der Waals surface area contributed by atoms with Crippen LogP contribution in [0.25, 0.3) is 11.7 Å². The van der Waals surface area contributed by atoms with Crippen LogP contribution in [0.5, 0.6) is 0 Å². The number of nitrogens with zero attached hydrogens (tertiary/aromatic N) is 2. The normalized spacial score (nSPS) is 11.2. The number of pyridine rings is 1. The number of aryl methyl sites for hydroxylation is 1. The fraction of sp³-hybridized carbons (Fsp3) is 0.231. The van der Waals surface area contributed by atoms with Crippen molar-refractivity contribution in [2.45, 2.75) is 13.8 Å². The van der Waals surface area contributed by atoms with Gasteiger partial charge in [0.2, 0.25) is 0 Å². The van der Waals surface area contributed by atoms with E-state index in [1.54, 1.807) is 13.0 Å². The Hall–Kier alpha value is -2.10. The lowest BCUT2D eigenvalue weighted by Gasteiger charge is -1.97. The van der Waals surface area contributed by atoms with E-state index in [-0.39, 0.29) is 5.97 Å². The molecule has 0 bridgehead atoms. The molecule has 88 valence electrons. The van der Waals surface area contributed by atoms with Gasteiger partial charge < -0.3 is 9.14 Å². The number of fused-ring (bicyclic) bond motifs is 1. The quantitative estimate of drug-likeness (QED) is 0.600. The number of imidazole rings is 1. The van der Waals surface area contributed by atoms with E-state index in [0.29, 0.717) is 6.61 Å². The SMILES string of the molecule is CCOC(=O)/C=C/c1c(C)nc2ccccn12. The summed E-state index contributed by atoms with van der Waals surface area (Å²) in [5.74, 6) is -0.335. The summed E-state index contributed by atoms with van der Waals surface area (Å²) in [4.78, 5) is 15.6. The summed E-state index contributed by atoms with van der Waals surface area (Å²) in [6.45, 7) is 4.08. The van der Waals surface area contributed by atoms with Crippen molar-refractivity contribution in [1.82, 2.24) is 9.38 Å². The van der Waals surface area contributed by atoms with Crippen LogP contribution in [-0.2, 0) is 9.53 Å². The van der Waals surface area contributed by atoms with E-state index in [2.05, 4.69) is 4.98 Å². The van der Waals surface area contributed by atoms with Crippen molar-refractivity contribution in [3.63, 3.8) is 0 Å². The number of hydrogen-bond acceptors (Lipinski definition) is 3. The molecule has 0 amide bonds. The number of ether oxygens (including phenoxy) is 1. The maximum absolute atomic E-state index is 11.2. The van der Waals surface area contributed by atoms with Gasteiger partial charge in [-0.25, -0.2) is 9.78 Å². The van der Waals surface area contributed by atoms with Crippen molar-refractivity contribution in [3.05, 3.63) is 41.9 Å². The average molecular weight is 230 g/mol. The predicted octanol–water partition coefficient (Wildman–Crippen LogP) is 2.22. The first-order chi connectivity index (χ1) is 8.22. The van der Waals surface area contributed by atoms with Crippen molar-refractivity contribution in [2.75, 3.05) is 6.61 Å². The Labute approximate surface area is 99.5 Å². The second kappa shape index (κ2) is 4.82. The lowest BCUT2D eigenvalue weighted by Crippen LogP contribution is -1.99. The number of carbonyl (C=O) groups is 1. The van der Waals surface area contributed by atoms with E-state index >= 15 is 0 Å². The highest BCUT2D eigenvalue weighted by Gasteiger charge is 2.05. The fourth-order valence-corrected chi connectivity index (χ4v) is 1.67. The molecule has 0 saturated heterocycles. The summed E-state index contributed by atoms with van der Waals surface area (Å²) < 4.78 is 6.77. The molecule has 0 aliphatic rings. The summed E-state index contributed by atoms with van der Waals surface area (Å²) in [5, 5.41) is 0. The van der Waals surface area contributed by atoms with Crippen LogP contribution in [0.4, 0.5) is 0 Å². The molecule has 0 unspecified atom stereocenters. The van der Waals surface area contributed by atoms with Crippen molar-refractivity contribution in [2.24, 2.45) is 0 Å². The molecule has 0 saturated carbocycles. The zero-order valence-electron chi connectivity index (χ0n) is 9.88. The van der Waals surface area contributed by atoms with Crippen LogP contribution in [0.2, 0.25) is 0 Å². The second-order valence-electron chi connectivity index (χ2n) is 3.60. The van der Waals surface area contributed by atoms with Gasteiger partial charge in [-0.1, -0.05) is 6.07 Å². The minimum Gasteiger partial charge on any atom is -0.463 e. The summed E-state index contributed by atoms with van der Waals surface area (Å²) in [6, 6.07) is 5.78. The fourth-order valence-electron chi connectivity index (χ4n) is 1.67. The standard InChI is InChI=1S/C13H14N2O2/c1-3-17-13(16)8-7-11-10(2)14-12-6-4-5-9-15(11)12/h4-9H,3H2,1-2H3/b8-7+. The summed E-state index contributed by atoms with van der Waals surface area (Å²) in [5.41, 5.74) is 2.65. The first-order valence-corrected chi connectivity index (χ1v) is 5.51. The van der Waals surface area contributed by atoms with Crippen LogP contribution in [0, 0.1) is 6.92 Å². The van der Waals surface area contributed by atoms with Gasteiger partial charge in [0, 0.05) is 12.3 Å². The van der Waals surface area contributed by atoms with Gasteiger partial charge in [-0.05, 0) is 32.1 Å². The van der Waals surface area contributed by atoms with Gasteiger partial charge in [0.1, 0.15) is 5.65 Å². The molecule has 2 rings (SSSR count). The highest BCUT2D eigenvalue weighted by molar-refractivity contribution is 5.87. The number of carbonyl (C=O) groups excluding carboxylic acids is 1. The molecule has 0 radical (unpaired) electrons. The molecule has 0 atom stereocenters. The minimum atomic E-state index is -0.335. The lowest BCUT2D eigenvalue weighted by molar-refractivity contribution is -0.137. The van der Waals surface area contributed by atoms with E-state index in [1.165, 1.54) is 6.08 Å². The Bertz CT molecular complexity index is 570. The lowest BCUT2D eigenvalue weighted by atomic mass is 10.3. The third-order valence-electron chi connectivity index (χ3n) is 2.41. The molecule has 0 aliphatic heterocycles. The third kappa shape index (κ3) is 2.36. The van der Waals surface area contributed by atoms with Crippen molar-refractivity contribution < 1.29 is 9.53 Å². The molecule has 0 aliphatic carbocycles. The van der Waals surface area contributed by atoms with E-state index in [4.69, 9.17) is 4.74 Å². The van der Waals surface area contributed by atoms with Crippen LogP contribution in [0.3, 0.4) is 0 Å². The summed E-state index contributed by atoms with van der Waals surface area (Å²) >= 11 is 0.